The van der Waals surface area contributed by atoms with Crippen LogP contribution in [-0.2, 0) is 14.4 Å². The van der Waals surface area contributed by atoms with Crippen LogP contribution >= 0.6 is 0 Å². The van der Waals surface area contributed by atoms with E-state index in [9.17, 15) is 4.79 Å². The van der Waals surface area contributed by atoms with Gasteiger partial charge < -0.3 is 4.90 Å². The number of likely N-dealkylation sites (tertiary alicyclic amines) is 1. The lowest BCUT2D eigenvalue weighted by Crippen LogP contribution is -2.38. The van der Waals surface area contributed by atoms with Crippen molar-refractivity contribution >= 4 is 12.1 Å². The van der Waals surface area contributed by atoms with Gasteiger partial charge in [0, 0.05) is 19.0 Å². The van der Waals surface area contributed by atoms with Gasteiger partial charge in [0.1, 0.15) is 0 Å². The zero-order chi connectivity index (χ0) is 11.7. The van der Waals surface area contributed by atoms with Gasteiger partial charge in [-0.05, 0) is 25.7 Å². The minimum atomic E-state index is 0.225. The smallest absolute Gasteiger partial charge is 0.342 e. The standard InChI is InChI=1S/C10H19NO.CO2/c1-3-9(2)10(12)11-7-5-4-6-8-11;2-1-3/h9H,3-8H2,1-2H3;. The molecule has 0 aliphatic carbocycles. The first kappa shape index (κ1) is 13.8. The van der Waals surface area contributed by atoms with E-state index in [-0.39, 0.29) is 12.1 Å². The van der Waals surface area contributed by atoms with Gasteiger partial charge in [-0.1, -0.05) is 13.8 Å². The fourth-order valence-corrected chi connectivity index (χ4v) is 1.60. The molecule has 1 atom stereocenters. The maximum Gasteiger partial charge on any atom is 0.373 e. The van der Waals surface area contributed by atoms with Gasteiger partial charge >= 0.3 is 6.15 Å². The molecule has 4 heteroatoms. The summed E-state index contributed by atoms with van der Waals surface area (Å²) in [5, 5.41) is 0. The van der Waals surface area contributed by atoms with Gasteiger partial charge in [-0.3, -0.25) is 4.79 Å². The molecule has 0 radical (unpaired) electrons. The summed E-state index contributed by atoms with van der Waals surface area (Å²) in [6.07, 6.45) is 4.91. The van der Waals surface area contributed by atoms with Crippen molar-refractivity contribution in [1.29, 1.82) is 0 Å². The van der Waals surface area contributed by atoms with E-state index in [1.165, 1.54) is 19.3 Å². The quantitative estimate of drug-likeness (QED) is 0.697. The summed E-state index contributed by atoms with van der Waals surface area (Å²) in [4.78, 5) is 29.9. The first-order chi connectivity index (χ1) is 7.17. The highest BCUT2D eigenvalue weighted by Crippen LogP contribution is 2.13. The first-order valence-electron chi connectivity index (χ1n) is 5.45. The Balaban J connectivity index is 0.000000583. The highest BCUT2D eigenvalue weighted by Gasteiger charge is 2.20. The summed E-state index contributed by atoms with van der Waals surface area (Å²) in [5.41, 5.74) is 0. The van der Waals surface area contributed by atoms with Gasteiger partial charge in [0.15, 0.2) is 0 Å². The van der Waals surface area contributed by atoms with Crippen molar-refractivity contribution in [3.63, 3.8) is 0 Å². The van der Waals surface area contributed by atoms with Crippen molar-refractivity contribution in [3.05, 3.63) is 0 Å². The molecule has 0 N–H and O–H groups in total. The van der Waals surface area contributed by atoms with Crippen LogP contribution in [-0.4, -0.2) is 30.0 Å². The summed E-state index contributed by atoms with van der Waals surface area (Å²) >= 11 is 0. The van der Waals surface area contributed by atoms with Crippen LogP contribution in [0.5, 0.6) is 0 Å². The Kier molecular flexibility index (Phi) is 7.56. The highest BCUT2D eigenvalue weighted by atomic mass is 16.2. The monoisotopic (exact) mass is 213 g/mol. The number of piperidine rings is 1. The Morgan fingerprint density at radius 2 is 1.73 bits per heavy atom. The largest absolute Gasteiger partial charge is 0.373 e. The fraction of sp³-hybridized carbons (Fsp3) is 0.818. The molecule has 0 bridgehead atoms. The van der Waals surface area contributed by atoms with Crippen LogP contribution in [0.3, 0.4) is 0 Å². The molecule has 1 fully saturated rings. The Bertz CT molecular complexity index is 216. The molecule has 1 rings (SSSR count). The van der Waals surface area contributed by atoms with Crippen molar-refractivity contribution in [3.8, 4) is 0 Å². The van der Waals surface area contributed by atoms with Crippen LogP contribution in [0.25, 0.3) is 0 Å². The van der Waals surface area contributed by atoms with Crippen molar-refractivity contribution in [2.24, 2.45) is 5.92 Å². The SMILES string of the molecule is CCC(C)C(=O)N1CCCCC1.O=C=O. The maximum absolute atomic E-state index is 11.7. The molecule has 4 nitrogen and oxygen atoms in total. The molecule has 0 saturated carbocycles. The lowest BCUT2D eigenvalue weighted by atomic mass is 10.0. The van der Waals surface area contributed by atoms with Crippen molar-refractivity contribution in [2.75, 3.05) is 13.1 Å². The Labute approximate surface area is 90.6 Å². The zero-order valence-corrected chi connectivity index (χ0v) is 9.49. The number of carbonyl (C=O) groups is 1. The molecule has 86 valence electrons. The molecule has 15 heavy (non-hydrogen) atoms. The topological polar surface area (TPSA) is 54.5 Å². The molecule has 1 amide bonds. The Morgan fingerprint density at radius 3 is 2.13 bits per heavy atom. The van der Waals surface area contributed by atoms with Crippen LogP contribution < -0.4 is 0 Å². The summed E-state index contributed by atoms with van der Waals surface area (Å²) in [6, 6.07) is 0. The van der Waals surface area contributed by atoms with Crippen molar-refractivity contribution in [2.45, 2.75) is 39.5 Å². The average molecular weight is 213 g/mol. The van der Waals surface area contributed by atoms with Gasteiger partial charge in [0.05, 0.1) is 0 Å². The third-order valence-electron chi connectivity index (χ3n) is 2.70. The summed E-state index contributed by atoms with van der Waals surface area (Å²) < 4.78 is 0. The third kappa shape index (κ3) is 5.33. The van der Waals surface area contributed by atoms with E-state index in [4.69, 9.17) is 9.59 Å². The van der Waals surface area contributed by atoms with Gasteiger partial charge in [-0.15, -0.1) is 0 Å². The second-order valence-electron chi connectivity index (χ2n) is 3.78. The van der Waals surface area contributed by atoms with Gasteiger partial charge in [-0.2, -0.15) is 9.59 Å². The van der Waals surface area contributed by atoms with E-state index < -0.39 is 0 Å². The molecule has 0 spiro atoms. The molecule has 1 aliphatic heterocycles. The number of amides is 1. The molecular weight excluding hydrogens is 194 g/mol. The predicted octanol–water partition coefficient (Wildman–Crippen LogP) is 1.46. The van der Waals surface area contributed by atoms with Crippen LogP contribution in [0.15, 0.2) is 0 Å². The summed E-state index contributed by atoms with van der Waals surface area (Å²) in [7, 11) is 0. The summed E-state index contributed by atoms with van der Waals surface area (Å²) in [6.45, 7) is 6.08. The highest BCUT2D eigenvalue weighted by molar-refractivity contribution is 5.78. The number of rotatable bonds is 2. The van der Waals surface area contributed by atoms with E-state index in [0.717, 1.165) is 19.5 Å². The average Bonchev–Trinajstić information content (AvgIpc) is 2.29. The second-order valence-corrected chi connectivity index (χ2v) is 3.78. The second kappa shape index (κ2) is 8.18. The number of hydrogen-bond donors (Lipinski definition) is 0. The number of carbonyl (C=O) groups excluding carboxylic acids is 3. The van der Waals surface area contributed by atoms with Gasteiger partial charge in [-0.25, -0.2) is 0 Å². The van der Waals surface area contributed by atoms with Gasteiger partial charge in [0.25, 0.3) is 0 Å². The molecule has 0 aromatic carbocycles. The first-order valence-corrected chi connectivity index (χ1v) is 5.45. The number of nitrogens with zero attached hydrogens (tertiary/aromatic N) is 1. The van der Waals surface area contributed by atoms with E-state index in [1.807, 2.05) is 11.8 Å². The molecule has 1 saturated heterocycles. The minimum Gasteiger partial charge on any atom is -0.342 e. The van der Waals surface area contributed by atoms with Crippen LogP contribution in [0.2, 0.25) is 0 Å². The van der Waals surface area contributed by atoms with E-state index >= 15 is 0 Å². The van der Waals surface area contributed by atoms with Crippen molar-refractivity contribution < 1.29 is 14.4 Å². The Morgan fingerprint density at radius 1 is 1.27 bits per heavy atom. The normalized spacial score (nSPS) is 17.1. The molecule has 1 aliphatic rings. The van der Waals surface area contributed by atoms with Crippen LogP contribution in [0, 0.1) is 5.92 Å². The fourth-order valence-electron chi connectivity index (χ4n) is 1.60. The molecule has 0 aromatic heterocycles. The van der Waals surface area contributed by atoms with E-state index in [0.29, 0.717) is 5.91 Å². The van der Waals surface area contributed by atoms with E-state index in [1.54, 1.807) is 0 Å². The van der Waals surface area contributed by atoms with E-state index in [2.05, 4.69) is 6.92 Å². The minimum absolute atomic E-state index is 0.225. The third-order valence-corrected chi connectivity index (χ3v) is 2.70. The lowest BCUT2D eigenvalue weighted by Gasteiger charge is -2.28. The lowest BCUT2D eigenvalue weighted by molar-refractivity contribution is -0.191. The van der Waals surface area contributed by atoms with Crippen LogP contribution in [0.1, 0.15) is 39.5 Å². The van der Waals surface area contributed by atoms with Gasteiger partial charge in [0.2, 0.25) is 5.91 Å². The predicted molar refractivity (Wildman–Crippen MR) is 54.9 cm³/mol. The number of hydrogen-bond acceptors (Lipinski definition) is 3. The molecule has 1 unspecified atom stereocenters. The Hall–Kier alpha value is -1.15. The van der Waals surface area contributed by atoms with Crippen molar-refractivity contribution in [1.82, 2.24) is 4.90 Å². The summed E-state index contributed by atoms with van der Waals surface area (Å²) in [5.74, 6) is 0.584. The molecule has 0 aromatic rings. The maximum atomic E-state index is 11.7. The van der Waals surface area contributed by atoms with Crippen LogP contribution in [0.4, 0.5) is 0 Å². The zero-order valence-electron chi connectivity index (χ0n) is 9.49. The molecule has 1 heterocycles. The molecular formula is C11H19NO3.